The van der Waals surface area contributed by atoms with Gasteiger partial charge < -0.3 is 14.6 Å². The third-order valence-electron chi connectivity index (χ3n) is 4.48. The Morgan fingerprint density at radius 2 is 2.12 bits per heavy atom. The standard InChI is InChI=1S/C19H16BrClN2O2/c20-15-9-12(21)5-6-18(15)25-11-19(24)23-8-7-17-14(10-23)13-3-1-2-4-16(13)22-17/h1-6,9,22H,7-8,10-11H2. The molecule has 1 amide bonds. The Kier molecular flexibility index (Phi) is 4.44. The summed E-state index contributed by atoms with van der Waals surface area (Å²) in [5.74, 6) is 0.598. The first-order valence-corrected chi connectivity index (χ1v) is 9.23. The molecule has 1 aliphatic rings. The summed E-state index contributed by atoms with van der Waals surface area (Å²) in [6.45, 7) is 1.32. The van der Waals surface area contributed by atoms with E-state index in [-0.39, 0.29) is 12.5 Å². The number of aromatic nitrogens is 1. The second-order valence-electron chi connectivity index (χ2n) is 6.06. The molecule has 3 aromatic rings. The molecule has 2 heterocycles. The molecule has 1 aliphatic heterocycles. The lowest BCUT2D eigenvalue weighted by molar-refractivity contribution is -0.134. The van der Waals surface area contributed by atoms with Gasteiger partial charge >= 0.3 is 0 Å². The largest absolute Gasteiger partial charge is 0.483 e. The Morgan fingerprint density at radius 3 is 2.96 bits per heavy atom. The molecule has 4 nitrogen and oxygen atoms in total. The number of nitrogens with zero attached hydrogens (tertiary/aromatic N) is 1. The van der Waals surface area contributed by atoms with Gasteiger partial charge in [0.2, 0.25) is 0 Å². The van der Waals surface area contributed by atoms with E-state index in [9.17, 15) is 4.79 Å². The molecular weight excluding hydrogens is 404 g/mol. The molecule has 0 atom stereocenters. The number of H-pyrrole nitrogens is 1. The van der Waals surface area contributed by atoms with E-state index >= 15 is 0 Å². The van der Waals surface area contributed by atoms with Gasteiger partial charge in [-0.25, -0.2) is 0 Å². The monoisotopic (exact) mass is 418 g/mol. The number of benzene rings is 2. The van der Waals surface area contributed by atoms with Crippen LogP contribution >= 0.6 is 27.5 Å². The molecule has 2 aromatic carbocycles. The molecular formula is C19H16BrClN2O2. The van der Waals surface area contributed by atoms with E-state index in [1.165, 1.54) is 16.6 Å². The fraction of sp³-hybridized carbons (Fsp3) is 0.211. The molecule has 1 aromatic heterocycles. The van der Waals surface area contributed by atoms with Crippen LogP contribution in [0.4, 0.5) is 0 Å². The number of carbonyl (C=O) groups excluding carboxylic acids is 1. The maximum Gasteiger partial charge on any atom is 0.260 e. The molecule has 0 unspecified atom stereocenters. The Bertz CT molecular complexity index is 954. The summed E-state index contributed by atoms with van der Waals surface area (Å²) in [5.41, 5.74) is 3.57. The van der Waals surface area contributed by atoms with E-state index in [1.807, 2.05) is 17.0 Å². The summed E-state index contributed by atoms with van der Waals surface area (Å²) in [7, 11) is 0. The number of hydrogen-bond donors (Lipinski definition) is 1. The van der Waals surface area contributed by atoms with Crippen LogP contribution in [0, 0.1) is 0 Å². The zero-order chi connectivity index (χ0) is 17.4. The number of ether oxygens (including phenoxy) is 1. The highest BCUT2D eigenvalue weighted by Gasteiger charge is 2.24. The summed E-state index contributed by atoms with van der Waals surface area (Å²) >= 11 is 9.32. The normalized spacial score (nSPS) is 13.8. The van der Waals surface area contributed by atoms with E-state index in [0.29, 0.717) is 23.9 Å². The summed E-state index contributed by atoms with van der Waals surface area (Å²) in [5, 5.41) is 1.81. The van der Waals surface area contributed by atoms with E-state index in [2.05, 4.69) is 33.0 Å². The lowest BCUT2D eigenvalue weighted by Crippen LogP contribution is -2.38. The number of carbonyl (C=O) groups is 1. The SMILES string of the molecule is O=C(COc1ccc(Cl)cc1Br)N1CCc2[nH]c3ccccc3c2C1. The third-order valence-corrected chi connectivity index (χ3v) is 5.34. The lowest BCUT2D eigenvalue weighted by atomic mass is 10.0. The predicted octanol–water partition coefficient (Wildman–Crippen LogP) is 4.55. The van der Waals surface area contributed by atoms with Gasteiger partial charge in [0.25, 0.3) is 5.91 Å². The fourth-order valence-electron chi connectivity index (χ4n) is 3.20. The van der Waals surface area contributed by atoms with E-state index < -0.39 is 0 Å². The van der Waals surface area contributed by atoms with Crippen molar-refractivity contribution in [3.05, 3.63) is 63.2 Å². The third kappa shape index (κ3) is 3.26. The zero-order valence-electron chi connectivity index (χ0n) is 13.4. The summed E-state index contributed by atoms with van der Waals surface area (Å²) < 4.78 is 6.40. The van der Waals surface area contributed by atoms with Crippen molar-refractivity contribution >= 4 is 44.3 Å². The van der Waals surface area contributed by atoms with Crippen LogP contribution in [-0.4, -0.2) is 28.9 Å². The van der Waals surface area contributed by atoms with Crippen molar-refractivity contribution in [2.24, 2.45) is 0 Å². The molecule has 128 valence electrons. The minimum atomic E-state index is -0.0159. The average Bonchev–Trinajstić information content (AvgIpc) is 2.98. The number of fused-ring (bicyclic) bond motifs is 3. The molecule has 0 saturated carbocycles. The van der Waals surface area contributed by atoms with Crippen molar-refractivity contribution < 1.29 is 9.53 Å². The summed E-state index contributed by atoms with van der Waals surface area (Å²) in [4.78, 5) is 17.9. The minimum Gasteiger partial charge on any atom is -0.483 e. The van der Waals surface area contributed by atoms with E-state index in [1.54, 1.807) is 18.2 Å². The number of rotatable bonds is 3. The van der Waals surface area contributed by atoms with Crippen molar-refractivity contribution in [1.82, 2.24) is 9.88 Å². The van der Waals surface area contributed by atoms with Gasteiger partial charge in [0.1, 0.15) is 5.75 Å². The number of para-hydroxylation sites is 1. The van der Waals surface area contributed by atoms with E-state index in [0.717, 1.165) is 16.4 Å². The van der Waals surface area contributed by atoms with Crippen LogP contribution < -0.4 is 4.74 Å². The Balaban J connectivity index is 1.46. The van der Waals surface area contributed by atoms with Crippen LogP contribution in [0.15, 0.2) is 46.9 Å². The maximum atomic E-state index is 12.6. The van der Waals surface area contributed by atoms with Crippen LogP contribution in [0.2, 0.25) is 5.02 Å². The second kappa shape index (κ2) is 6.73. The quantitative estimate of drug-likeness (QED) is 0.677. The number of aromatic amines is 1. The van der Waals surface area contributed by atoms with Crippen LogP contribution in [0.3, 0.4) is 0 Å². The van der Waals surface area contributed by atoms with Crippen molar-refractivity contribution in [2.45, 2.75) is 13.0 Å². The Labute approximate surface area is 158 Å². The molecule has 0 bridgehead atoms. The van der Waals surface area contributed by atoms with Gasteiger partial charge in [0.05, 0.1) is 4.47 Å². The van der Waals surface area contributed by atoms with Crippen molar-refractivity contribution in [1.29, 1.82) is 0 Å². The highest BCUT2D eigenvalue weighted by Crippen LogP contribution is 2.29. The second-order valence-corrected chi connectivity index (χ2v) is 7.35. The lowest BCUT2D eigenvalue weighted by Gasteiger charge is -2.27. The Morgan fingerprint density at radius 1 is 1.28 bits per heavy atom. The molecule has 4 rings (SSSR count). The Hall–Kier alpha value is -1.98. The van der Waals surface area contributed by atoms with Crippen LogP contribution in [-0.2, 0) is 17.8 Å². The smallest absolute Gasteiger partial charge is 0.260 e. The molecule has 1 N–H and O–H groups in total. The van der Waals surface area contributed by atoms with E-state index in [4.69, 9.17) is 16.3 Å². The van der Waals surface area contributed by atoms with Gasteiger partial charge in [-0.3, -0.25) is 4.79 Å². The van der Waals surface area contributed by atoms with Gasteiger partial charge in [-0.2, -0.15) is 0 Å². The summed E-state index contributed by atoms with van der Waals surface area (Å²) in [6.07, 6.45) is 0.834. The maximum absolute atomic E-state index is 12.6. The van der Waals surface area contributed by atoms with Crippen LogP contribution in [0.5, 0.6) is 5.75 Å². The molecule has 0 fully saturated rings. The topological polar surface area (TPSA) is 45.3 Å². The summed E-state index contributed by atoms with van der Waals surface area (Å²) in [6, 6.07) is 13.5. The van der Waals surface area contributed by atoms with Crippen molar-refractivity contribution in [3.63, 3.8) is 0 Å². The van der Waals surface area contributed by atoms with Gasteiger partial charge in [-0.15, -0.1) is 0 Å². The highest BCUT2D eigenvalue weighted by atomic mass is 79.9. The van der Waals surface area contributed by atoms with Crippen molar-refractivity contribution in [2.75, 3.05) is 13.2 Å². The fourth-order valence-corrected chi connectivity index (χ4v) is 4.00. The highest BCUT2D eigenvalue weighted by molar-refractivity contribution is 9.10. The molecule has 25 heavy (non-hydrogen) atoms. The van der Waals surface area contributed by atoms with Gasteiger partial charge in [0.15, 0.2) is 6.61 Å². The van der Waals surface area contributed by atoms with Gasteiger partial charge in [-0.1, -0.05) is 29.8 Å². The molecule has 0 aliphatic carbocycles. The number of nitrogens with one attached hydrogen (secondary N) is 1. The predicted molar refractivity (Wildman–Crippen MR) is 102 cm³/mol. The molecule has 0 spiro atoms. The minimum absolute atomic E-state index is 0.0118. The van der Waals surface area contributed by atoms with Gasteiger partial charge in [-0.05, 0) is 40.2 Å². The average molecular weight is 420 g/mol. The van der Waals surface area contributed by atoms with Crippen LogP contribution in [0.1, 0.15) is 11.3 Å². The number of halogens is 2. The first-order chi connectivity index (χ1) is 12.1. The van der Waals surface area contributed by atoms with Gasteiger partial charge in [0, 0.05) is 46.7 Å². The number of amides is 1. The zero-order valence-corrected chi connectivity index (χ0v) is 15.7. The first-order valence-electron chi connectivity index (χ1n) is 8.06. The van der Waals surface area contributed by atoms with Crippen molar-refractivity contribution in [3.8, 4) is 5.75 Å². The molecule has 6 heteroatoms. The molecule has 0 saturated heterocycles. The number of hydrogen-bond acceptors (Lipinski definition) is 2. The first kappa shape index (κ1) is 16.5. The van der Waals surface area contributed by atoms with Crippen LogP contribution in [0.25, 0.3) is 10.9 Å². The molecule has 0 radical (unpaired) electrons.